The molecule has 0 heterocycles. The molecule has 3 aromatic rings. The van der Waals surface area contributed by atoms with Crippen LogP contribution in [-0.4, -0.2) is 24.5 Å². The first-order valence-corrected chi connectivity index (χ1v) is 9.54. The van der Waals surface area contributed by atoms with E-state index in [2.05, 4.69) is 10.5 Å². The van der Waals surface area contributed by atoms with Gasteiger partial charge in [-0.2, -0.15) is 13.5 Å². The fraction of sp³-hybridized carbons (Fsp3) is 0. The van der Waals surface area contributed by atoms with Crippen molar-refractivity contribution in [1.29, 1.82) is 0 Å². The third-order valence-corrected chi connectivity index (χ3v) is 5.23. The van der Waals surface area contributed by atoms with Crippen molar-refractivity contribution < 1.29 is 17.8 Å². The maximum atomic E-state index is 12.3. The highest BCUT2D eigenvalue weighted by Gasteiger charge is 2.19. The highest BCUT2D eigenvalue weighted by atomic mass is 32.2. The summed E-state index contributed by atoms with van der Waals surface area (Å²) in [5.41, 5.74) is 5.27. The van der Waals surface area contributed by atoms with Crippen molar-refractivity contribution in [2.45, 2.75) is 4.90 Å². The van der Waals surface area contributed by atoms with Gasteiger partial charge in [-0.3, -0.25) is 14.8 Å². The molecule has 1 aliphatic rings. The maximum absolute atomic E-state index is 12.3. The zero-order valence-corrected chi connectivity index (χ0v) is 14.8. The van der Waals surface area contributed by atoms with E-state index in [-0.39, 0.29) is 16.4 Å². The summed E-state index contributed by atoms with van der Waals surface area (Å²) in [6.07, 6.45) is 3.20. The fourth-order valence-electron chi connectivity index (χ4n) is 3.06. The van der Waals surface area contributed by atoms with Crippen LogP contribution in [0.15, 0.2) is 76.7 Å². The second-order valence-electron chi connectivity index (χ2n) is 5.99. The zero-order chi connectivity index (χ0) is 19.0. The molecule has 0 aliphatic heterocycles. The first-order chi connectivity index (χ1) is 12.9. The number of carbonyl (C=O) groups excluding carboxylic acids is 1. The van der Waals surface area contributed by atoms with Crippen molar-refractivity contribution in [3.8, 4) is 0 Å². The van der Waals surface area contributed by atoms with Crippen LogP contribution in [0.25, 0.3) is 16.8 Å². The summed E-state index contributed by atoms with van der Waals surface area (Å²) in [4.78, 5) is 12.1. The van der Waals surface area contributed by atoms with E-state index in [0.717, 1.165) is 11.1 Å². The molecule has 0 fully saturated rings. The Labute approximate surface area is 155 Å². The third-order valence-electron chi connectivity index (χ3n) is 4.31. The van der Waals surface area contributed by atoms with Gasteiger partial charge < -0.3 is 0 Å². The molecule has 0 aromatic heterocycles. The average molecular weight is 378 g/mol. The molecule has 0 bridgehead atoms. The van der Waals surface area contributed by atoms with Gasteiger partial charge in [0.2, 0.25) is 5.78 Å². The van der Waals surface area contributed by atoms with Crippen LogP contribution in [0.1, 0.15) is 11.1 Å². The molecule has 2 N–H and O–H groups in total. The molecule has 1 aliphatic carbocycles. The normalized spacial score (nSPS) is 15.1. The topological polar surface area (TPSA) is 95.8 Å². The number of nitrogens with zero attached hydrogens (tertiary/aromatic N) is 1. The van der Waals surface area contributed by atoms with Crippen LogP contribution >= 0.6 is 0 Å². The van der Waals surface area contributed by atoms with Crippen LogP contribution in [0.4, 0.5) is 5.69 Å². The van der Waals surface area contributed by atoms with Crippen molar-refractivity contribution in [1.82, 2.24) is 0 Å². The van der Waals surface area contributed by atoms with Crippen LogP contribution in [0.2, 0.25) is 0 Å². The standard InChI is InChI=1S/C20H14N2O4S/c23-18-11-9-13-5-1-2-6-14(13)20(18)22-21-17-10-12-19(27(24,25)26)16-8-4-3-7-15(16)17/h1-12,21H,(H,24,25,26)/b22-20+. The lowest BCUT2D eigenvalue weighted by Gasteiger charge is -2.13. The van der Waals surface area contributed by atoms with Crippen molar-refractivity contribution in [3.63, 3.8) is 0 Å². The van der Waals surface area contributed by atoms with Crippen molar-refractivity contribution in [2.24, 2.45) is 5.10 Å². The second kappa shape index (κ2) is 6.46. The van der Waals surface area contributed by atoms with Gasteiger partial charge in [0.25, 0.3) is 10.1 Å². The molecule has 3 aromatic carbocycles. The Kier molecular flexibility index (Phi) is 4.10. The number of anilines is 1. The summed E-state index contributed by atoms with van der Waals surface area (Å²) < 4.78 is 32.6. The smallest absolute Gasteiger partial charge is 0.287 e. The quantitative estimate of drug-likeness (QED) is 0.537. The van der Waals surface area contributed by atoms with Crippen molar-refractivity contribution in [2.75, 3.05) is 5.43 Å². The summed E-state index contributed by atoms with van der Waals surface area (Å²) in [6, 6.07) is 17.0. The van der Waals surface area contributed by atoms with E-state index in [0.29, 0.717) is 16.5 Å². The number of allylic oxidation sites excluding steroid dienone is 1. The van der Waals surface area contributed by atoms with E-state index in [1.54, 1.807) is 30.3 Å². The molecular formula is C20H14N2O4S. The predicted molar refractivity (Wildman–Crippen MR) is 104 cm³/mol. The molecule has 0 spiro atoms. The predicted octanol–water partition coefficient (Wildman–Crippen LogP) is 3.50. The Hall–Kier alpha value is -3.29. The maximum Gasteiger partial charge on any atom is 0.295 e. The number of hydrazone groups is 1. The van der Waals surface area contributed by atoms with E-state index < -0.39 is 10.1 Å². The molecule has 0 saturated carbocycles. The minimum Gasteiger partial charge on any atom is -0.287 e. The summed E-state index contributed by atoms with van der Waals surface area (Å²) in [5.74, 6) is -0.222. The fourth-order valence-corrected chi connectivity index (χ4v) is 3.76. The number of fused-ring (bicyclic) bond motifs is 2. The Morgan fingerprint density at radius 2 is 1.56 bits per heavy atom. The van der Waals surface area contributed by atoms with E-state index in [9.17, 15) is 17.8 Å². The summed E-state index contributed by atoms with van der Waals surface area (Å²) in [5, 5.41) is 5.19. The monoisotopic (exact) mass is 378 g/mol. The molecule has 134 valence electrons. The molecule has 0 amide bonds. The highest BCUT2D eigenvalue weighted by molar-refractivity contribution is 7.86. The number of ketones is 1. The lowest BCUT2D eigenvalue weighted by Crippen LogP contribution is -2.19. The summed E-state index contributed by atoms with van der Waals surface area (Å²) >= 11 is 0. The summed E-state index contributed by atoms with van der Waals surface area (Å²) in [6.45, 7) is 0. The number of benzene rings is 3. The number of rotatable bonds is 3. The molecular weight excluding hydrogens is 364 g/mol. The van der Waals surface area contributed by atoms with E-state index in [4.69, 9.17) is 0 Å². The Morgan fingerprint density at radius 1 is 0.852 bits per heavy atom. The number of hydrogen-bond acceptors (Lipinski definition) is 5. The number of nitrogens with one attached hydrogen (secondary N) is 1. The summed E-state index contributed by atoms with van der Waals surface area (Å²) in [7, 11) is -4.36. The number of carbonyl (C=O) groups is 1. The van der Waals surface area contributed by atoms with E-state index >= 15 is 0 Å². The van der Waals surface area contributed by atoms with Gasteiger partial charge in [-0.15, -0.1) is 0 Å². The van der Waals surface area contributed by atoms with Gasteiger partial charge in [-0.05, 0) is 23.8 Å². The van der Waals surface area contributed by atoms with Gasteiger partial charge in [-0.25, -0.2) is 0 Å². The van der Waals surface area contributed by atoms with Gasteiger partial charge in [0.1, 0.15) is 10.6 Å². The van der Waals surface area contributed by atoms with Gasteiger partial charge in [-0.1, -0.05) is 54.6 Å². The average Bonchev–Trinajstić information content (AvgIpc) is 2.66. The molecule has 4 rings (SSSR count). The molecule has 0 atom stereocenters. The van der Waals surface area contributed by atoms with Gasteiger partial charge in [0.15, 0.2) is 0 Å². The Morgan fingerprint density at radius 3 is 2.33 bits per heavy atom. The van der Waals surface area contributed by atoms with E-state index in [1.807, 2.05) is 24.3 Å². The van der Waals surface area contributed by atoms with Crippen LogP contribution in [0, 0.1) is 0 Å². The highest BCUT2D eigenvalue weighted by Crippen LogP contribution is 2.29. The zero-order valence-electron chi connectivity index (χ0n) is 14.0. The molecule has 6 nitrogen and oxygen atoms in total. The molecule has 0 unspecified atom stereocenters. The van der Waals surface area contributed by atoms with Crippen LogP contribution in [-0.2, 0) is 14.9 Å². The molecule has 0 radical (unpaired) electrons. The van der Waals surface area contributed by atoms with Gasteiger partial charge in [0.05, 0.1) is 5.69 Å². The SMILES string of the molecule is O=C1C=Cc2ccccc2/C1=N\Nc1ccc(S(=O)(=O)O)c2ccccc12. The molecule has 7 heteroatoms. The van der Waals surface area contributed by atoms with Crippen LogP contribution in [0.3, 0.4) is 0 Å². The lowest BCUT2D eigenvalue weighted by molar-refractivity contribution is -0.108. The minimum atomic E-state index is -4.36. The third kappa shape index (κ3) is 3.14. The molecule has 27 heavy (non-hydrogen) atoms. The first kappa shape index (κ1) is 17.1. The Bertz CT molecular complexity index is 1240. The second-order valence-corrected chi connectivity index (χ2v) is 7.38. The lowest BCUT2D eigenvalue weighted by atomic mass is 9.95. The minimum absolute atomic E-state index is 0.182. The molecule has 0 saturated heterocycles. The van der Waals surface area contributed by atoms with Gasteiger partial charge in [0, 0.05) is 16.3 Å². The van der Waals surface area contributed by atoms with Crippen LogP contribution < -0.4 is 5.43 Å². The van der Waals surface area contributed by atoms with Crippen LogP contribution in [0.5, 0.6) is 0 Å². The first-order valence-electron chi connectivity index (χ1n) is 8.10. The Balaban J connectivity index is 1.81. The van der Waals surface area contributed by atoms with Gasteiger partial charge >= 0.3 is 0 Å². The number of hydrogen-bond donors (Lipinski definition) is 2. The van der Waals surface area contributed by atoms with Crippen molar-refractivity contribution in [3.05, 3.63) is 77.9 Å². The van der Waals surface area contributed by atoms with E-state index in [1.165, 1.54) is 18.2 Å². The largest absolute Gasteiger partial charge is 0.295 e. The van der Waals surface area contributed by atoms with Crippen molar-refractivity contribution >= 4 is 44.1 Å².